The maximum absolute atomic E-state index is 13.1. The Balaban J connectivity index is 1.68. The quantitative estimate of drug-likeness (QED) is 0.524. The van der Waals surface area contributed by atoms with Crippen LogP contribution in [0.5, 0.6) is 0 Å². The van der Waals surface area contributed by atoms with Gasteiger partial charge in [-0.1, -0.05) is 29.8 Å². The monoisotopic (exact) mass is 408 g/mol. The summed E-state index contributed by atoms with van der Waals surface area (Å²) in [7, 11) is 1.92. The number of aromatic nitrogens is 3. The number of hydrogen-bond donors (Lipinski definition) is 1. The van der Waals surface area contributed by atoms with E-state index in [1.54, 1.807) is 35.0 Å². The van der Waals surface area contributed by atoms with Crippen LogP contribution in [0, 0.1) is 5.82 Å². The molecule has 1 amide bonds. The fraction of sp³-hybridized carbons (Fsp3) is 0.0909. The number of benzene rings is 2. The van der Waals surface area contributed by atoms with Gasteiger partial charge in [-0.25, -0.2) is 9.07 Å². The molecule has 0 aliphatic carbocycles. The highest BCUT2D eigenvalue weighted by Gasteiger charge is 2.18. The summed E-state index contributed by atoms with van der Waals surface area (Å²) in [6.07, 6.45) is 1.92. The van der Waals surface area contributed by atoms with E-state index in [2.05, 4.69) is 10.4 Å². The van der Waals surface area contributed by atoms with E-state index in [-0.39, 0.29) is 18.3 Å². The van der Waals surface area contributed by atoms with Gasteiger partial charge >= 0.3 is 0 Å². The zero-order valence-corrected chi connectivity index (χ0v) is 16.4. The van der Waals surface area contributed by atoms with Crippen molar-refractivity contribution in [3.8, 4) is 17.1 Å². The Hall–Kier alpha value is -3.38. The Bertz CT molecular complexity index is 1160. The van der Waals surface area contributed by atoms with Crippen molar-refractivity contribution in [2.75, 3.05) is 0 Å². The number of nitrogens with zero attached hydrogens (tertiary/aromatic N) is 3. The predicted octanol–water partition coefficient (Wildman–Crippen LogP) is 4.60. The smallest absolute Gasteiger partial charge is 0.270 e. The van der Waals surface area contributed by atoms with E-state index in [9.17, 15) is 9.18 Å². The summed E-state index contributed by atoms with van der Waals surface area (Å²) in [4.78, 5) is 12.9. The van der Waals surface area contributed by atoms with Crippen LogP contribution in [-0.4, -0.2) is 20.3 Å². The molecule has 4 aromatic rings. The highest BCUT2D eigenvalue weighted by molar-refractivity contribution is 6.30. The van der Waals surface area contributed by atoms with Crippen LogP contribution >= 0.6 is 11.6 Å². The number of nitrogens with one attached hydrogen (secondary N) is 1. The van der Waals surface area contributed by atoms with Crippen LogP contribution in [0.15, 0.2) is 72.9 Å². The van der Waals surface area contributed by atoms with Gasteiger partial charge in [0.15, 0.2) is 0 Å². The third kappa shape index (κ3) is 4.07. The summed E-state index contributed by atoms with van der Waals surface area (Å²) in [5, 5.41) is 8.06. The van der Waals surface area contributed by atoms with Crippen LogP contribution < -0.4 is 5.32 Å². The van der Waals surface area contributed by atoms with E-state index in [0.717, 1.165) is 11.3 Å². The first kappa shape index (κ1) is 19.0. The van der Waals surface area contributed by atoms with Crippen LogP contribution in [-0.2, 0) is 13.6 Å². The molecule has 2 aromatic heterocycles. The molecule has 4 rings (SSSR count). The molecular formula is C22H18ClFN4O. The van der Waals surface area contributed by atoms with Gasteiger partial charge in [-0.3, -0.25) is 4.79 Å². The topological polar surface area (TPSA) is 51.9 Å². The number of halogens is 2. The first-order valence-corrected chi connectivity index (χ1v) is 9.39. The zero-order chi connectivity index (χ0) is 20.4. The average molecular weight is 409 g/mol. The normalized spacial score (nSPS) is 10.9. The standard InChI is InChI=1S/C22H18ClFN4O/c1-27-11-3-6-20(27)19-13-21(28(26-19)18-5-2-4-16(23)12-18)22(29)25-14-15-7-9-17(24)10-8-15/h2-13H,14H2,1H3,(H,25,29). The van der Waals surface area contributed by atoms with E-state index >= 15 is 0 Å². The van der Waals surface area contributed by atoms with Crippen molar-refractivity contribution in [1.29, 1.82) is 0 Å². The first-order chi connectivity index (χ1) is 14.0. The second-order valence-electron chi connectivity index (χ2n) is 6.62. The van der Waals surface area contributed by atoms with Crippen LogP contribution in [0.4, 0.5) is 4.39 Å². The van der Waals surface area contributed by atoms with Gasteiger partial charge in [0.05, 0.1) is 11.4 Å². The van der Waals surface area contributed by atoms with Crippen molar-refractivity contribution >= 4 is 17.5 Å². The molecule has 0 spiro atoms. The van der Waals surface area contributed by atoms with Crippen molar-refractivity contribution in [3.63, 3.8) is 0 Å². The Morgan fingerprint density at radius 3 is 2.59 bits per heavy atom. The molecule has 0 fully saturated rings. The summed E-state index contributed by atoms with van der Waals surface area (Å²) in [5.41, 5.74) is 3.43. The SMILES string of the molecule is Cn1cccc1-c1cc(C(=O)NCc2ccc(F)cc2)n(-c2cccc(Cl)c2)n1. The molecule has 29 heavy (non-hydrogen) atoms. The van der Waals surface area contributed by atoms with Crippen LogP contribution in [0.25, 0.3) is 17.1 Å². The molecule has 7 heteroatoms. The van der Waals surface area contributed by atoms with Gasteiger partial charge in [0, 0.05) is 24.8 Å². The lowest BCUT2D eigenvalue weighted by Gasteiger charge is -2.09. The maximum atomic E-state index is 13.1. The van der Waals surface area contributed by atoms with Crippen LogP contribution in [0.1, 0.15) is 16.1 Å². The van der Waals surface area contributed by atoms with Gasteiger partial charge in [-0.15, -0.1) is 0 Å². The third-order valence-corrected chi connectivity index (χ3v) is 4.80. The van der Waals surface area contributed by atoms with E-state index in [1.807, 2.05) is 42.1 Å². The van der Waals surface area contributed by atoms with E-state index in [1.165, 1.54) is 12.1 Å². The number of amides is 1. The summed E-state index contributed by atoms with van der Waals surface area (Å²) in [5.74, 6) is -0.603. The molecule has 5 nitrogen and oxygen atoms in total. The molecule has 0 saturated heterocycles. The highest BCUT2D eigenvalue weighted by atomic mass is 35.5. The highest BCUT2D eigenvalue weighted by Crippen LogP contribution is 2.23. The first-order valence-electron chi connectivity index (χ1n) is 9.01. The number of hydrogen-bond acceptors (Lipinski definition) is 2. The molecule has 146 valence electrons. The number of aryl methyl sites for hydroxylation is 1. The average Bonchev–Trinajstić information content (AvgIpc) is 3.33. The summed E-state index contributed by atoms with van der Waals surface area (Å²) in [6, 6.07) is 18.8. The molecule has 0 aliphatic heterocycles. The summed E-state index contributed by atoms with van der Waals surface area (Å²) < 4.78 is 16.6. The number of carbonyl (C=O) groups excluding carboxylic acids is 1. The largest absolute Gasteiger partial charge is 0.349 e. The van der Waals surface area contributed by atoms with Gasteiger partial charge in [-0.2, -0.15) is 5.10 Å². The lowest BCUT2D eigenvalue weighted by Crippen LogP contribution is -2.25. The lowest BCUT2D eigenvalue weighted by molar-refractivity contribution is 0.0943. The lowest BCUT2D eigenvalue weighted by atomic mass is 10.2. The van der Waals surface area contributed by atoms with E-state index < -0.39 is 0 Å². The molecule has 2 aromatic carbocycles. The molecule has 0 bridgehead atoms. The Kier molecular flexibility index (Phi) is 5.18. The fourth-order valence-corrected chi connectivity index (χ4v) is 3.26. The minimum atomic E-state index is -0.314. The van der Waals surface area contributed by atoms with Crippen molar-refractivity contribution in [2.45, 2.75) is 6.54 Å². The molecule has 2 heterocycles. The van der Waals surface area contributed by atoms with Crippen molar-refractivity contribution in [1.82, 2.24) is 19.7 Å². The van der Waals surface area contributed by atoms with Gasteiger partial charge in [0.1, 0.15) is 17.2 Å². The second-order valence-corrected chi connectivity index (χ2v) is 7.06. The molecule has 1 N–H and O–H groups in total. The van der Waals surface area contributed by atoms with Crippen molar-refractivity contribution < 1.29 is 9.18 Å². The zero-order valence-electron chi connectivity index (χ0n) is 15.6. The Morgan fingerprint density at radius 1 is 1.10 bits per heavy atom. The van der Waals surface area contributed by atoms with Gasteiger partial charge in [0.25, 0.3) is 5.91 Å². The molecule has 0 radical (unpaired) electrons. The van der Waals surface area contributed by atoms with E-state index in [4.69, 9.17) is 11.6 Å². The van der Waals surface area contributed by atoms with E-state index in [0.29, 0.717) is 22.1 Å². The van der Waals surface area contributed by atoms with Crippen molar-refractivity contribution in [3.05, 3.63) is 95.0 Å². The van der Waals surface area contributed by atoms with Gasteiger partial charge in [0.2, 0.25) is 0 Å². The predicted molar refractivity (Wildman–Crippen MR) is 111 cm³/mol. The number of carbonyl (C=O) groups is 1. The third-order valence-electron chi connectivity index (χ3n) is 4.57. The molecule has 0 unspecified atom stereocenters. The Labute approximate surface area is 172 Å². The number of rotatable bonds is 5. The van der Waals surface area contributed by atoms with Crippen LogP contribution in [0.2, 0.25) is 5.02 Å². The molecular weight excluding hydrogens is 391 g/mol. The summed E-state index contributed by atoms with van der Waals surface area (Å²) >= 11 is 6.14. The minimum absolute atomic E-state index is 0.277. The second kappa shape index (κ2) is 7.93. The summed E-state index contributed by atoms with van der Waals surface area (Å²) in [6.45, 7) is 0.277. The maximum Gasteiger partial charge on any atom is 0.270 e. The van der Waals surface area contributed by atoms with Crippen LogP contribution in [0.3, 0.4) is 0 Å². The van der Waals surface area contributed by atoms with Crippen molar-refractivity contribution in [2.24, 2.45) is 7.05 Å². The minimum Gasteiger partial charge on any atom is -0.349 e. The Morgan fingerprint density at radius 2 is 1.90 bits per heavy atom. The fourth-order valence-electron chi connectivity index (χ4n) is 3.08. The molecule has 0 saturated carbocycles. The van der Waals surface area contributed by atoms with Gasteiger partial charge < -0.3 is 9.88 Å². The van der Waals surface area contributed by atoms with Gasteiger partial charge in [-0.05, 0) is 54.1 Å². The molecule has 0 atom stereocenters. The molecule has 0 aliphatic rings.